The fraction of sp³-hybridized carbons (Fsp3) is 0.111. The highest BCUT2D eigenvalue weighted by atomic mass is 32.2. The lowest BCUT2D eigenvalue weighted by Gasteiger charge is -2.16. The second-order valence-corrected chi connectivity index (χ2v) is 9.71. The molecule has 0 radical (unpaired) electrons. The normalized spacial score (nSPS) is 12.4. The molecule has 0 spiro atoms. The van der Waals surface area contributed by atoms with Crippen LogP contribution in [0.15, 0.2) is 95.9 Å². The van der Waals surface area contributed by atoms with Crippen LogP contribution in [0.4, 0.5) is 0 Å². The van der Waals surface area contributed by atoms with Crippen molar-refractivity contribution in [1.29, 1.82) is 0 Å². The van der Waals surface area contributed by atoms with Crippen LogP contribution in [0.3, 0.4) is 0 Å². The quantitative estimate of drug-likeness (QED) is 0.384. The fourth-order valence-electron chi connectivity index (χ4n) is 3.87. The molecule has 1 unspecified atom stereocenters. The molecule has 34 heavy (non-hydrogen) atoms. The molecule has 0 aliphatic heterocycles. The number of nitrogens with one attached hydrogen (secondary N) is 1. The van der Waals surface area contributed by atoms with Crippen LogP contribution >= 0.6 is 0 Å². The van der Waals surface area contributed by atoms with Crippen molar-refractivity contribution in [3.8, 4) is 11.8 Å². The van der Waals surface area contributed by atoms with Crippen LogP contribution in [0.25, 0.3) is 21.8 Å². The Balaban J connectivity index is 1.53. The summed E-state index contributed by atoms with van der Waals surface area (Å²) in [6, 6.07) is 27.4. The number of rotatable bonds is 5. The number of hydrogen-bond donors (Lipinski definition) is 1. The average Bonchev–Trinajstić information content (AvgIpc) is 3.26. The number of hydrogen-bond acceptors (Lipinski definition) is 4. The largest absolute Gasteiger partial charge is 0.241 e. The summed E-state index contributed by atoms with van der Waals surface area (Å²) in [6.07, 6.45) is 0. The zero-order valence-corrected chi connectivity index (χ0v) is 19.3. The van der Waals surface area contributed by atoms with Crippen LogP contribution < -0.4 is 4.72 Å². The molecule has 5 aromatic rings. The first-order valence-corrected chi connectivity index (χ1v) is 12.3. The van der Waals surface area contributed by atoms with E-state index in [1.165, 1.54) is 0 Å². The Kier molecular flexibility index (Phi) is 5.84. The van der Waals surface area contributed by atoms with Crippen molar-refractivity contribution in [3.63, 3.8) is 0 Å². The van der Waals surface area contributed by atoms with Crippen molar-refractivity contribution in [1.82, 2.24) is 19.7 Å². The van der Waals surface area contributed by atoms with Crippen molar-refractivity contribution >= 4 is 31.8 Å². The van der Waals surface area contributed by atoms with E-state index < -0.39 is 16.1 Å². The first-order chi connectivity index (χ1) is 16.5. The minimum Gasteiger partial charge on any atom is -0.233 e. The Labute approximate surface area is 198 Å². The summed E-state index contributed by atoms with van der Waals surface area (Å²) < 4.78 is 31.0. The molecule has 0 amide bonds. The van der Waals surface area contributed by atoms with Gasteiger partial charge in [-0.25, -0.2) is 13.1 Å². The van der Waals surface area contributed by atoms with Gasteiger partial charge < -0.3 is 0 Å². The van der Waals surface area contributed by atoms with Gasteiger partial charge in [-0.1, -0.05) is 89.3 Å². The van der Waals surface area contributed by atoms with Gasteiger partial charge in [0.15, 0.2) is 0 Å². The molecule has 4 aromatic carbocycles. The van der Waals surface area contributed by atoms with Crippen LogP contribution in [-0.4, -0.2) is 23.4 Å². The third kappa shape index (κ3) is 4.42. The number of aromatic nitrogens is 3. The molecule has 6 nitrogen and oxygen atoms in total. The van der Waals surface area contributed by atoms with E-state index in [9.17, 15) is 8.42 Å². The smallest absolute Gasteiger partial charge is 0.233 e. The van der Waals surface area contributed by atoms with Gasteiger partial charge in [0.2, 0.25) is 10.0 Å². The molecular formula is C27H22N4O2S. The first-order valence-electron chi connectivity index (χ1n) is 10.8. The molecule has 0 bridgehead atoms. The second kappa shape index (κ2) is 9.10. The molecule has 0 aliphatic carbocycles. The van der Waals surface area contributed by atoms with E-state index >= 15 is 0 Å². The van der Waals surface area contributed by atoms with Crippen LogP contribution in [-0.2, 0) is 16.6 Å². The Morgan fingerprint density at radius 2 is 1.65 bits per heavy atom. The Hall–Kier alpha value is -3.99. The van der Waals surface area contributed by atoms with Gasteiger partial charge in [-0.15, -0.1) is 5.10 Å². The SMILES string of the molecule is Cc1ccc(S(=O)(=O)NC(C#CCn2nnc3ccccc32)c2cccc3ccccc23)cc1. The van der Waals surface area contributed by atoms with E-state index in [4.69, 9.17) is 0 Å². The van der Waals surface area contributed by atoms with E-state index in [2.05, 4.69) is 26.9 Å². The van der Waals surface area contributed by atoms with Gasteiger partial charge >= 0.3 is 0 Å². The van der Waals surface area contributed by atoms with Crippen molar-refractivity contribution in [2.75, 3.05) is 0 Å². The zero-order chi connectivity index (χ0) is 23.5. The number of nitrogens with zero attached hydrogens (tertiary/aromatic N) is 3. The highest BCUT2D eigenvalue weighted by Crippen LogP contribution is 2.26. The predicted octanol–water partition coefficient (Wildman–Crippen LogP) is 4.62. The van der Waals surface area contributed by atoms with Crippen molar-refractivity contribution in [3.05, 3.63) is 102 Å². The second-order valence-electron chi connectivity index (χ2n) is 7.99. The summed E-state index contributed by atoms with van der Waals surface area (Å²) in [7, 11) is -3.80. The van der Waals surface area contributed by atoms with Crippen molar-refractivity contribution < 1.29 is 8.42 Å². The Morgan fingerprint density at radius 3 is 2.50 bits per heavy atom. The number of sulfonamides is 1. The monoisotopic (exact) mass is 466 g/mol. The maximum absolute atomic E-state index is 13.2. The number of aryl methyl sites for hydroxylation is 1. The van der Waals surface area contributed by atoms with Crippen LogP contribution in [0.1, 0.15) is 17.2 Å². The lowest BCUT2D eigenvalue weighted by Crippen LogP contribution is -2.28. The average molecular weight is 467 g/mol. The Bertz CT molecular complexity index is 1640. The zero-order valence-electron chi connectivity index (χ0n) is 18.5. The van der Waals surface area contributed by atoms with Gasteiger partial charge in [-0.2, -0.15) is 4.72 Å². The van der Waals surface area contributed by atoms with E-state index in [1.54, 1.807) is 28.9 Å². The molecule has 0 saturated heterocycles. The highest BCUT2D eigenvalue weighted by Gasteiger charge is 2.21. The topological polar surface area (TPSA) is 76.9 Å². The van der Waals surface area contributed by atoms with E-state index in [0.717, 1.165) is 32.9 Å². The maximum atomic E-state index is 13.2. The summed E-state index contributed by atoms with van der Waals surface area (Å²) in [4.78, 5) is 0.201. The highest BCUT2D eigenvalue weighted by molar-refractivity contribution is 7.89. The summed E-state index contributed by atoms with van der Waals surface area (Å²) in [5.74, 6) is 6.25. The molecular weight excluding hydrogens is 444 g/mol. The minimum absolute atomic E-state index is 0.201. The molecule has 0 aliphatic rings. The fourth-order valence-corrected chi connectivity index (χ4v) is 5.00. The van der Waals surface area contributed by atoms with E-state index in [1.807, 2.05) is 73.7 Å². The third-order valence-corrected chi connectivity index (χ3v) is 7.07. The number of fused-ring (bicyclic) bond motifs is 2. The van der Waals surface area contributed by atoms with Crippen LogP contribution in [0.5, 0.6) is 0 Å². The molecule has 0 saturated carbocycles. The molecule has 7 heteroatoms. The Morgan fingerprint density at radius 1 is 0.912 bits per heavy atom. The van der Waals surface area contributed by atoms with E-state index in [0.29, 0.717) is 0 Å². The number of benzene rings is 4. The lowest BCUT2D eigenvalue weighted by atomic mass is 9.99. The molecule has 5 rings (SSSR count). The van der Waals surface area contributed by atoms with Crippen molar-refractivity contribution in [2.24, 2.45) is 0 Å². The van der Waals surface area contributed by atoms with E-state index in [-0.39, 0.29) is 11.4 Å². The molecule has 1 atom stereocenters. The van der Waals surface area contributed by atoms with Gasteiger partial charge in [0.1, 0.15) is 18.1 Å². The van der Waals surface area contributed by atoms with Crippen molar-refractivity contribution in [2.45, 2.75) is 24.4 Å². The first kappa shape index (κ1) is 21.8. The maximum Gasteiger partial charge on any atom is 0.241 e. The van der Waals surface area contributed by atoms with Gasteiger partial charge in [-0.3, -0.25) is 0 Å². The van der Waals surface area contributed by atoms with Crippen LogP contribution in [0, 0.1) is 18.8 Å². The summed E-state index contributed by atoms with van der Waals surface area (Å²) in [5.41, 5.74) is 3.45. The summed E-state index contributed by atoms with van der Waals surface area (Å²) in [5, 5.41) is 10.3. The molecule has 1 aromatic heterocycles. The number of para-hydroxylation sites is 1. The third-order valence-electron chi connectivity index (χ3n) is 5.63. The summed E-state index contributed by atoms with van der Waals surface area (Å²) in [6.45, 7) is 2.20. The van der Waals surface area contributed by atoms with Gasteiger partial charge in [0.25, 0.3) is 0 Å². The molecule has 1 N–H and O–H groups in total. The van der Waals surface area contributed by atoms with Crippen LogP contribution in [0.2, 0.25) is 0 Å². The molecule has 0 fully saturated rings. The molecule has 168 valence electrons. The van der Waals surface area contributed by atoms with Gasteiger partial charge in [0.05, 0.1) is 10.4 Å². The summed E-state index contributed by atoms with van der Waals surface area (Å²) >= 11 is 0. The molecule has 1 heterocycles. The standard InChI is InChI=1S/C27H22N4O2S/c1-20-15-17-22(18-16-20)34(32,33)29-25(24-11-6-9-21-8-2-3-10-23(21)24)13-7-19-31-27-14-5-4-12-26(27)28-30-31/h2-6,8-12,14-18,25,29H,19H2,1H3. The van der Waals surface area contributed by atoms with Gasteiger partial charge in [-0.05, 0) is 47.5 Å². The lowest BCUT2D eigenvalue weighted by molar-refractivity contribution is 0.576. The predicted molar refractivity (Wildman–Crippen MR) is 133 cm³/mol. The minimum atomic E-state index is -3.80. The van der Waals surface area contributed by atoms with Gasteiger partial charge in [0, 0.05) is 0 Å².